The highest BCUT2D eigenvalue weighted by Crippen LogP contribution is 2.37. The maximum Gasteiger partial charge on any atom is 0.150 e. The van der Waals surface area contributed by atoms with Crippen LogP contribution in [0.15, 0.2) is 61.1 Å². The normalized spacial score (nSPS) is 19.2. The summed E-state index contributed by atoms with van der Waals surface area (Å²) in [6.45, 7) is 7.83. The molecule has 1 saturated heterocycles. The van der Waals surface area contributed by atoms with Crippen LogP contribution in [0.5, 0.6) is 0 Å². The molecule has 0 unspecified atom stereocenters. The Labute approximate surface area is 187 Å². The van der Waals surface area contributed by atoms with Crippen LogP contribution in [0.25, 0.3) is 27.8 Å². The Kier molecular flexibility index (Phi) is 5.16. The Balaban J connectivity index is 1.76. The Morgan fingerprint density at radius 2 is 1.74 bits per heavy atom. The first-order valence-electron chi connectivity index (χ1n) is 10.6. The number of aryl methyl sites for hydroxylation is 1. The molecule has 5 nitrogen and oxygen atoms in total. The van der Waals surface area contributed by atoms with Gasteiger partial charge in [-0.3, -0.25) is 0 Å². The van der Waals surface area contributed by atoms with Crippen LogP contribution in [0.2, 0.25) is 5.02 Å². The number of rotatable bonds is 3. The number of ether oxygens (including phenoxy) is 1. The van der Waals surface area contributed by atoms with E-state index in [1.54, 1.807) is 6.33 Å². The maximum atomic E-state index is 6.46. The number of morpholine rings is 1. The third kappa shape index (κ3) is 3.68. The molecular formula is C25H25ClN4O. The van der Waals surface area contributed by atoms with Crippen molar-refractivity contribution in [3.05, 3.63) is 71.6 Å². The molecule has 6 heteroatoms. The fraction of sp³-hybridized carbons (Fsp3) is 0.280. The van der Waals surface area contributed by atoms with Gasteiger partial charge in [-0.25, -0.2) is 9.97 Å². The molecule has 1 aliphatic heterocycles. The van der Waals surface area contributed by atoms with Gasteiger partial charge in [0.2, 0.25) is 0 Å². The average molecular weight is 433 g/mol. The van der Waals surface area contributed by atoms with Gasteiger partial charge in [0.05, 0.1) is 17.6 Å². The van der Waals surface area contributed by atoms with Crippen molar-refractivity contribution in [1.82, 2.24) is 14.5 Å². The number of benzene rings is 2. The number of hydrogen-bond acceptors (Lipinski definition) is 4. The Morgan fingerprint density at radius 1 is 1.00 bits per heavy atom. The Hall–Kier alpha value is -2.89. The predicted octanol–water partition coefficient (Wildman–Crippen LogP) is 5.66. The van der Waals surface area contributed by atoms with Crippen molar-refractivity contribution >= 4 is 28.5 Å². The fourth-order valence-corrected chi connectivity index (χ4v) is 4.58. The van der Waals surface area contributed by atoms with Crippen LogP contribution in [0.4, 0.5) is 5.82 Å². The molecule has 2 atom stereocenters. The van der Waals surface area contributed by atoms with Crippen molar-refractivity contribution in [2.45, 2.75) is 33.0 Å². The molecule has 0 aliphatic carbocycles. The van der Waals surface area contributed by atoms with E-state index in [2.05, 4.69) is 59.8 Å². The van der Waals surface area contributed by atoms with Gasteiger partial charge in [-0.15, -0.1) is 0 Å². The van der Waals surface area contributed by atoms with Crippen LogP contribution in [0.1, 0.15) is 19.4 Å². The number of anilines is 1. The van der Waals surface area contributed by atoms with Gasteiger partial charge in [-0.05, 0) is 44.0 Å². The van der Waals surface area contributed by atoms with E-state index in [4.69, 9.17) is 26.3 Å². The van der Waals surface area contributed by atoms with Crippen LogP contribution in [0.3, 0.4) is 0 Å². The SMILES string of the molecule is Cc1ccc(-n2cc(-c3ccccc3)c3c(N4C[C@H](C)O[C@@H](C)C4)ncnc32)cc1Cl. The summed E-state index contributed by atoms with van der Waals surface area (Å²) < 4.78 is 8.07. The smallest absolute Gasteiger partial charge is 0.150 e. The van der Waals surface area contributed by atoms with E-state index in [9.17, 15) is 0 Å². The van der Waals surface area contributed by atoms with Gasteiger partial charge in [-0.1, -0.05) is 48.0 Å². The van der Waals surface area contributed by atoms with Crippen molar-refractivity contribution in [2.24, 2.45) is 0 Å². The second kappa shape index (κ2) is 7.98. The van der Waals surface area contributed by atoms with Gasteiger partial charge < -0.3 is 14.2 Å². The summed E-state index contributed by atoms with van der Waals surface area (Å²) in [5.74, 6) is 0.947. The van der Waals surface area contributed by atoms with Gasteiger partial charge in [0, 0.05) is 35.6 Å². The van der Waals surface area contributed by atoms with E-state index in [1.807, 2.05) is 25.1 Å². The quantitative estimate of drug-likeness (QED) is 0.418. The second-order valence-corrected chi connectivity index (χ2v) is 8.68. The molecule has 2 aromatic carbocycles. The van der Waals surface area contributed by atoms with Gasteiger partial charge in [-0.2, -0.15) is 0 Å². The van der Waals surface area contributed by atoms with Crippen molar-refractivity contribution < 1.29 is 4.74 Å². The second-order valence-electron chi connectivity index (χ2n) is 8.27. The van der Waals surface area contributed by atoms with Crippen LogP contribution < -0.4 is 4.90 Å². The molecule has 3 heterocycles. The summed E-state index contributed by atoms with van der Waals surface area (Å²) >= 11 is 6.46. The number of hydrogen-bond donors (Lipinski definition) is 0. The minimum atomic E-state index is 0.145. The first-order chi connectivity index (χ1) is 15.0. The number of fused-ring (bicyclic) bond motifs is 1. The molecule has 0 spiro atoms. The fourth-order valence-electron chi connectivity index (χ4n) is 4.40. The lowest BCUT2D eigenvalue weighted by Gasteiger charge is -2.36. The van der Waals surface area contributed by atoms with E-state index >= 15 is 0 Å². The highest BCUT2D eigenvalue weighted by molar-refractivity contribution is 6.31. The van der Waals surface area contributed by atoms with Crippen LogP contribution in [-0.4, -0.2) is 39.8 Å². The number of nitrogens with zero attached hydrogens (tertiary/aromatic N) is 4. The third-order valence-electron chi connectivity index (χ3n) is 5.80. The predicted molar refractivity (Wildman–Crippen MR) is 126 cm³/mol. The van der Waals surface area contributed by atoms with Crippen molar-refractivity contribution in [1.29, 1.82) is 0 Å². The monoisotopic (exact) mass is 432 g/mol. The molecule has 158 valence electrons. The van der Waals surface area contributed by atoms with Crippen LogP contribution >= 0.6 is 11.6 Å². The van der Waals surface area contributed by atoms with Gasteiger partial charge in [0.25, 0.3) is 0 Å². The summed E-state index contributed by atoms with van der Waals surface area (Å²) in [6, 6.07) is 16.5. The summed E-state index contributed by atoms with van der Waals surface area (Å²) in [6.07, 6.45) is 4.09. The van der Waals surface area contributed by atoms with Gasteiger partial charge in [0.15, 0.2) is 5.65 Å². The largest absolute Gasteiger partial charge is 0.372 e. The summed E-state index contributed by atoms with van der Waals surface area (Å²) in [7, 11) is 0. The summed E-state index contributed by atoms with van der Waals surface area (Å²) in [4.78, 5) is 11.8. The maximum absolute atomic E-state index is 6.46. The van der Waals surface area contributed by atoms with Crippen LogP contribution in [0, 0.1) is 6.92 Å². The van der Waals surface area contributed by atoms with E-state index in [0.29, 0.717) is 0 Å². The summed E-state index contributed by atoms with van der Waals surface area (Å²) in [5.41, 5.74) is 5.15. The molecule has 0 radical (unpaired) electrons. The van der Waals surface area contributed by atoms with E-state index in [-0.39, 0.29) is 12.2 Å². The minimum Gasteiger partial charge on any atom is -0.372 e. The first-order valence-corrected chi connectivity index (χ1v) is 11.0. The average Bonchev–Trinajstić information content (AvgIpc) is 3.15. The zero-order valence-electron chi connectivity index (χ0n) is 17.9. The molecule has 4 aromatic rings. The lowest BCUT2D eigenvalue weighted by atomic mass is 10.1. The first kappa shape index (κ1) is 20.0. The van der Waals surface area contributed by atoms with E-state index < -0.39 is 0 Å². The molecule has 31 heavy (non-hydrogen) atoms. The summed E-state index contributed by atoms with van der Waals surface area (Å²) in [5, 5.41) is 1.79. The van der Waals surface area contributed by atoms with Crippen molar-refractivity contribution in [3.63, 3.8) is 0 Å². The molecule has 0 saturated carbocycles. The third-order valence-corrected chi connectivity index (χ3v) is 6.21. The molecule has 2 aromatic heterocycles. The molecule has 0 N–H and O–H groups in total. The topological polar surface area (TPSA) is 43.2 Å². The number of aromatic nitrogens is 3. The van der Waals surface area contributed by atoms with Gasteiger partial charge >= 0.3 is 0 Å². The van der Waals surface area contributed by atoms with Crippen molar-refractivity contribution in [3.8, 4) is 16.8 Å². The van der Waals surface area contributed by atoms with E-state index in [0.717, 1.165) is 57.3 Å². The molecule has 1 aliphatic rings. The highest BCUT2D eigenvalue weighted by atomic mass is 35.5. The molecular weight excluding hydrogens is 408 g/mol. The lowest BCUT2D eigenvalue weighted by molar-refractivity contribution is -0.00537. The highest BCUT2D eigenvalue weighted by Gasteiger charge is 2.27. The van der Waals surface area contributed by atoms with Crippen molar-refractivity contribution in [2.75, 3.05) is 18.0 Å². The molecule has 0 amide bonds. The molecule has 0 bridgehead atoms. The Morgan fingerprint density at radius 3 is 2.45 bits per heavy atom. The lowest BCUT2D eigenvalue weighted by Crippen LogP contribution is -2.46. The van der Waals surface area contributed by atoms with Crippen LogP contribution in [-0.2, 0) is 4.74 Å². The minimum absolute atomic E-state index is 0.145. The van der Waals surface area contributed by atoms with E-state index in [1.165, 1.54) is 0 Å². The molecule has 1 fully saturated rings. The molecule has 5 rings (SSSR count). The van der Waals surface area contributed by atoms with Gasteiger partial charge in [0.1, 0.15) is 12.1 Å². The zero-order chi connectivity index (χ0) is 21.5. The standard InChI is InChI=1S/C25H25ClN4O/c1-16-9-10-20(11-22(16)26)30-14-21(19-7-5-4-6-8-19)23-24(27-15-28-25(23)30)29-12-17(2)31-18(3)13-29/h4-11,14-15,17-18H,12-13H2,1-3H3/t17-,18-/m0/s1. The zero-order valence-corrected chi connectivity index (χ0v) is 18.7. The Bertz CT molecular complexity index is 1230. The number of halogens is 1.